The van der Waals surface area contributed by atoms with Gasteiger partial charge >= 0.3 is 23.9 Å². The van der Waals surface area contributed by atoms with Crippen molar-refractivity contribution in [1.82, 2.24) is 14.9 Å². The molecule has 3 rings (SSSR count). The lowest BCUT2D eigenvalue weighted by atomic mass is 10.1. The van der Waals surface area contributed by atoms with Gasteiger partial charge in [-0.25, -0.2) is 19.2 Å². The number of hydrogen-bond donors (Lipinski definition) is 3. The fourth-order valence-electron chi connectivity index (χ4n) is 3.44. The molecule has 0 bridgehead atoms. The number of ether oxygens (including phenoxy) is 5. The Hall–Kier alpha value is -3.39. The van der Waals surface area contributed by atoms with E-state index in [4.69, 9.17) is 28.9 Å². The van der Waals surface area contributed by atoms with E-state index in [0.29, 0.717) is 0 Å². The Kier molecular flexibility index (Phi) is 7.31. The number of hydrogen-bond acceptors (Lipinski definition) is 12. The predicted octanol–water partition coefficient (Wildman–Crippen LogP) is 0.938. The van der Waals surface area contributed by atoms with Gasteiger partial charge in [0.05, 0.1) is 0 Å². The number of carbonyl (C=O) groups excluding carboxylic acids is 3. The third-order valence-electron chi connectivity index (χ3n) is 4.95. The number of nitrogens with one attached hydrogen (secondary N) is 2. The maximum atomic E-state index is 12.7. The molecule has 1 amide bonds. The molecule has 0 spiro atoms. The Bertz CT molecular complexity index is 988. The van der Waals surface area contributed by atoms with Gasteiger partial charge in [-0.3, -0.25) is 15.3 Å². The molecule has 3 N–H and O–H groups in total. The lowest BCUT2D eigenvalue weighted by Crippen LogP contribution is -2.48. The number of aromatic nitrogens is 2. The molecule has 0 unspecified atom stereocenters. The van der Waals surface area contributed by atoms with E-state index in [0.717, 1.165) is 4.57 Å². The van der Waals surface area contributed by atoms with E-state index in [1.807, 2.05) is 0 Å². The summed E-state index contributed by atoms with van der Waals surface area (Å²) in [5.74, 6) is -1.15. The number of anilines is 1. The lowest BCUT2D eigenvalue weighted by molar-refractivity contribution is -0.154. The molecule has 188 valence electrons. The molecule has 0 aliphatic carbocycles. The average molecular weight is 484 g/mol. The molecule has 14 heteroatoms. The first-order valence-corrected chi connectivity index (χ1v) is 10.6. The fourth-order valence-corrected chi connectivity index (χ4v) is 3.44. The Balaban J connectivity index is 1.68. The van der Waals surface area contributed by atoms with Crippen molar-refractivity contribution in [2.75, 3.05) is 12.1 Å². The summed E-state index contributed by atoms with van der Waals surface area (Å²) < 4.78 is 27.7. The van der Waals surface area contributed by atoms with Crippen LogP contribution in [0.2, 0.25) is 0 Å². The van der Waals surface area contributed by atoms with Crippen molar-refractivity contribution in [3.8, 4) is 0 Å². The second-order valence-electron chi connectivity index (χ2n) is 9.09. The highest BCUT2D eigenvalue weighted by Crippen LogP contribution is 2.37. The van der Waals surface area contributed by atoms with Crippen LogP contribution in [0.5, 0.6) is 0 Å². The number of fused-ring (bicyclic) bond motifs is 1. The maximum Gasteiger partial charge on any atom is 0.509 e. The lowest BCUT2D eigenvalue weighted by Gasteiger charge is -2.25. The number of alkyl carbamates (subject to hydrolysis) is 1. The van der Waals surface area contributed by atoms with Gasteiger partial charge in [-0.15, -0.1) is 0 Å². The van der Waals surface area contributed by atoms with Crippen LogP contribution in [0.1, 0.15) is 40.8 Å². The SMILES string of the molecule is CC(C)[C@H](NC(=O)OC(C)(C)C)C(=O)OC[C@H]1O[C@@H](n2ccc(NO)nc2=O)[C@@H]2OC(=O)O[C@@H]21. The summed E-state index contributed by atoms with van der Waals surface area (Å²) in [5.41, 5.74) is 0.219. The summed E-state index contributed by atoms with van der Waals surface area (Å²) in [5, 5.41) is 11.4. The zero-order valence-electron chi connectivity index (χ0n) is 19.3. The first-order chi connectivity index (χ1) is 15.9. The molecule has 14 nitrogen and oxygen atoms in total. The minimum atomic E-state index is -1.10. The highest BCUT2D eigenvalue weighted by atomic mass is 16.8. The largest absolute Gasteiger partial charge is 0.509 e. The van der Waals surface area contributed by atoms with E-state index in [2.05, 4.69) is 10.3 Å². The zero-order valence-corrected chi connectivity index (χ0v) is 19.3. The Morgan fingerprint density at radius 1 is 1.24 bits per heavy atom. The summed E-state index contributed by atoms with van der Waals surface area (Å²) in [6.07, 6.45) is -4.45. The number of carbonyl (C=O) groups is 3. The van der Waals surface area contributed by atoms with Crippen LogP contribution in [-0.2, 0) is 28.5 Å². The molecule has 2 aliphatic heterocycles. The molecule has 1 aromatic rings. The van der Waals surface area contributed by atoms with Crippen LogP contribution in [-0.4, -0.2) is 69.5 Å². The first kappa shape index (κ1) is 25.2. The molecule has 2 aliphatic rings. The second kappa shape index (κ2) is 9.85. The molecule has 0 saturated carbocycles. The van der Waals surface area contributed by atoms with E-state index < -0.39 is 60.1 Å². The van der Waals surface area contributed by atoms with E-state index >= 15 is 0 Å². The fraction of sp³-hybridized carbons (Fsp3) is 0.650. The van der Waals surface area contributed by atoms with Crippen molar-refractivity contribution in [2.24, 2.45) is 5.92 Å². The molecular weight excluding hydrogens is 456 g/mol. The van der Waals surface area contributed by atoms with Gasteiger partial charge in [0, 0.05) is 6.20 Å². The van der Waals surface area contributed by atoms with Crippen LogP contribution in [0.25, 0.3) is 0 Å². The van der Waals surface area contributed by atoms with Crippen LogP contribution >= 0.6 is 0 Å². The van der Waals surface area contributed by atoms with E-state index in [1.54, 1.807) is 40.1 Å². The molecule has 1 aromatic heterocycles. The summed E-state index contributed by atoms with van der Waals surface area (Å²) in [6, 6.07) is 0.302. The summed E-state index contributed by atoms with van der Waals surface area (Å²) >= 11 is 0. The monoisotopic (exact) mass is 484 g/mol. The molecular formula is C20H28N4O10. The number of rotatable bonds is 7. The molecule has 0 radical (unpaired) electrons. The third-order valence-corrected chi connectivity index (χ3v) is 4.95. The normalized spacial score (nSPS) is 24.6. The maximum absolute atomic E-state index is 12.7. The standard InChI is InChI=1S/C20H28N4O10/c1-9(2)12(22-18(27)34-20(3,4)5)16(25)30-8-10-13-14(33-19(28)32-13)15(31-10)24-7-6-11(23-29)21-17(24)26/h6-7,9-10,12-15,29H,8H2,1-5H3,(H,22,27)(H,21,23,26)/t10-,12+,13-,14-,15-/m1/s1. The van der Waals surface area contributed by atoms with Crippen molar-refractivity contribution >= 4 is 24.0 Å². The van der Waals surface area contributed by atoms with Crippen molar-refractivity contribution in [3.05, 3.63) is 22.7 Å². The van der Waals surface area contributed by atoms with Gasteiger partial charge in [-0.1, -0.05) is 13.8 Å². The Morgan fingerprint density at radius 2 is 1.91 bits per heavy atom. The molecule has 5 atom stereocenters. The smallest absolute Gasteiger partial charge is 0.461 e. The van der Waals surface area contributed by atoms with Crippen molar-refractivity contribution in [3.63, 3.8) is 0 Å². The Labute approximate surface area is 194 Å². The van der Waals surface area contributed by atoms with Crippen LogP contribution in [0.4, 0.5) is 15.4 Å². The van der Waals surface area contributed by atoms with E-state index in [1.165, 1.54) is 12.3 Å². The van der Waals surface area contributed by atoms with Crippen LogP contribution in [0.15, 0.2) is 17.1 Å². The van der Waals surface area contributed by atoms with Gasteiger partial charge in [0.15, 0.2) is 24.3 Å². The highest BCUT2D eigenvalue weighted by Gasteiger charge is 2.55. The van der Waals surface area contributed by atoms with Gasteiger partial charge < -0.3 is 29.0 Å². The summed E-state index contributed by atoms with van der Waals surface area (Å²) in [7, 11) is 0. The molecule has 0 aromatic carbocycles. The van der Waals surface area contributed by atoms with Gasteiger partial charge in [0.2, 0.25) is 0 Å². The zero-order chi connectivity index (χ0) is 25.2. The third kappa shape index (κ3) is 5.75. The van der Waals surface area contributed by atoms with Gasteiger partial charge in [0.25, 0.3) is 0 Å². The first-order valence-electron chi connectivity index (χ1n) is 10.6. The number of amides is 1. The van der Waals surface area contributed by atoms with Crippen LogP contribution in [0, 0.1) is 5.92 Å². The number of nitrogens with zero attached hydrogens (tertiary/aromatic N) is 2. The quantitative estimate of drug-likeness (QED) is 0.284. The predicted molar refractivity (Wildman–Crippen MR) is 112 cm³/mol. The summed E-state index contributed by atoms with van der Waals surface area (Å²) in [4.78, 5) is 52.4. The van der Waals surface area contributed by atoms with Gasteiger partial charge in [-0.2, -0.15) is 4.98 Å². The molecule has 3 heterocycles. The molecule has 2 saturated heterocycles. The van der Waals surface area contributed by atoms with E-state index in [-0.39, 0.29) is 18.3 Å². The second-order valence-corrected chi connectivity index (χ2v) is 9.09. The van der Waals surface area contributed by atoms with Gasteiger partial charge in [0.1, 0.15) is 24.4 Å². The minimum Gasteiger partial charge on any atom is -0.461 e. The van der Waals surface area contributed by atoms with Crippen LogP contribution < -0.4 is 16.5 Å². The summed E-state index contributed by atoms with van der Waals surface area (Å²) in [6.45, 7) is 8.18. The minimum absolute atomic E-state index is 0.0850. The topological polar surface area (TPSA) is 177 Å². The molecule has 2 fully saturated rings. The van der Waals surface area contributed by atoms with E-state index in [9.17, 15) is 19.2 Å². The van der Waals surface area contributed by atoms with Crippen molar-refractivity contribution in [2.45, 2.75) is 70.8 Å². The van der Waals surface area contributed by atoms with Gasteiger partial charge in [-0.05, 0) is 32.8 Å². The average Bonchev–Trinajstić information content (AvgIpc) is 3.26. The Morgan fingerprint density at radius 3 is 2.50 bits per heavy atom. The molecule has 34 heavy (non-hydrogen) atoms. The number of esters is 1. The van der Waals surface area contributed by atoms with Crippen LogP contribution in [0.3, 0.4) is 0 Å². The van der Waals surface area contributed by atoms with Crippen molar-refractivity contribution < 1.29 is 43.3 Å². The highest BCUT2D eigenvalue weighted by molar-refractivity contribution is 5.81. The van der Waals surface area contributed by atoms with Crippen molar-refractivity contribution in [1.29, 1.82) is 0 Å².